The molecule has 33 heavy (non-hydrogen) atoms. The molecule has 0 saturated heterocycles. The minimum Gasteiger partial charge on any atom is -0.508 e. The molecule has 4 amide bonds. The second-order valence-electron chi connectivity index (χ2n) is 7.03. The standard InChI is InChI=1S/C19H27N5O9/c20-11(6-15(21)28)16(29)23-13(7-25)18(31)22-12(5-9-1-3-10(27)4-2-9)17(30)24-14(8-26)19(32)33/h1-4,11-14,25-27H,5-8,20H2,(H2,21,28)(H,22,31)(H,23,29)(H,24,30)(H,32,33). The van der Waals surface area contributed by atoms with E-state index in [2.05, 4.69) is 16.0 Å². The molecule has 0 fully saturated rings. The number of aliphatic carboxylic acids is 1. The van der Waals surface area contributed by atoms with Gasteiger partial charge in [0.05, 0.1) is 25.7 Å². The highest BCUT2D eigenvalue weighted by Gasteiger charge is 2.30. The van der Waals surface area contributed by atoms with E-state index in [0.717, 1.165) is 0 Å². The summed E-state index contributed by atoms with van der Waals surface area (Å²) in [4.78, 5) is 59.2. The second-order valence-corrected chi connectivity index (χ2v) is 7.03. The number of aliphatic hydroxyl groups excluding tert-OH is 2. The lowest BCUT2D eigenvalue weighted by molar-refractivity contribution is -0.143. The van der Waals surface area contributed by atoms with Crippen LogP contribution in [0, 0.1) is 0 Å². The summed E-state index contributed by atoms with van der Waals surface area (Å²) in [5, 5.41) is 43.5. The van der Waals surface area contributed by atoms with Gasteiger partial charge in [-0.25, -0.2) is 4.79 Å². The summed E-state index contributed by atoms with van der Waals surface area (Å²) in [5.41, 5.74) is 10.9. The van der Waals surface area contributed by atoms with Crippen LogP contribution in [0.3, 0.4) is 0 Å². The second kappa shape index (κ2) is 12.9. The van der Waals surface area contributed by atoms with Gasteiger partial charge >= 0.3 is 5.97 Å². The number of hydrogen-bond acceptors (Lipinski definition) is 9. The fourth-order valence-corrected chi connectivity index (χ4v) is 2.59. The first-order valence-corrected chi connectivity index (χ1v) is 9.65. The number of hydrogen-bond donors (Lipinski definition) is 9. The average Bonchev–Trinajstić information content (AvgIpc) is 2.75. The van der Waals surface area contributed by atoms with Crippen molar-refractivity contribution in [3.8, 4) is 5.75 Å². The van der Waals surface area contributed by atoms with Crippen molar-refractivity contribution in [3.05, 3.63) is 29.8 Å². The molecule has 0 aliphatic carbocycles. The largest absolute Gasteiger partial charge is 0.508 e. The molecule has 14 nitrogen and oxygen atoms in total. The predicted molar refractivity (Wildman–Crippen MR) is 111 cm³/mol. The number of aliphatic hydroxyl groups is 2. The normalized spacial score (nSPS) is 14.3. The lowest BCUT2D eigenvalue weighted by Gasteiger charge is -2.24. The van der Waals surface area contributed by atoms with Crippen molar-refractivity contribution in [2.24, 2.45) is 11.5 Å². The van der Waals surface area contributed by atoms with Gasteiger partial charge in [0, 0.05) is 6.42 Å². The highest BCUT2D eigenvalue weighted by atomic mass is 16.4. The van der Waals surface area contributed by atoms with Gasteiger partial charge in [0.1, 0.15) is 23.9 Å². The summed E-state index contributed by atoms with van der Waals surface area (Å²) in [6.45, 7) is -1.79. The van der Waals surface area contributed by atoms with Gasteiger partial charge in [0.25, 0.3) is 0 Å². The van der Waals surface area contributed by atoms with Gasteiger partial charge < -0.3 is 47.8 Å². The Kier molecular flexibility index (Phi) is 10.7. The van der Waals surface area contributed by atoms with Crippen LogP contribution in [0.1, 0.15) is 12.0 Å². The number of benzene rings is 1. The topological polar surface area (TPSA) is 254 Å². The van der Waals surface area contributed by atoms with Gasteiger partial charge in [-0.2, -0.15) is 0 Å². The Morgan fingerprint density at radius 3 is 1.79 bits per heavy atom. The third-order valence-corrected chi connectivity index (χ3v) is 4.38. The van der Waals surface area contributed by atoms with E-state index >= 15 is 0 Å². The van der Waals surface area contributed by atoms with E-state index in [1.54, 1.807) is 0 Å². The molecule has 0 spiro atoms. The summed E-state index contributed by atoms with van der Waals surface area (Å²) >= 11 is 0. The monoisotopic (exact) mass is 469 g/mol. The molecule has 0 aliphatic heterocycles. The molecule has 0 bridgehead atoms. The minimum atomic E-state index is -1.64. The summed E-state index contributed by atoms with van der Waals surface area (Å²) < 4.78 is 0. The van der Waals surface area contributed by atoms with Crippen LogP contribution in [0.4, 0.5) is 0 Å². The zero-order chi connectivity index (χ0) is 25.1. The number of nitrogens with one attached hydrogen (secondary N) is 3. The van der Waals surface area contributed by atoms with Gasteiger partial charge in [-0.3, -0.25) is 19.2 Å². The maximum Gasteiger partial charge on any atom is 0.328 e. The first kappa shape index (κ1) is 27.3. The van der Waals surface area contributed by atoms with Gasteiger partial charge in [0.2, 0.25) is 23.6 Å². The Bertz CT molecular complexity index is 862. The predicted octanol–water partition coefficient (Wildman–Crippen LogP) is -4.34. The summed E-state index contributed by atoms with van der Waals surface area (Å²) in [6.07, 6.45) is -0.669. The van der Waals surface area contributed by atoms with Gasteiger partial charge in [0.15, 0.2) is 0 Å². The molecular formula is C19H27N5O9. The fourth-order valence-electron chi connectivity index (χ4n) is 2.59. The molecule has 1 rings (SSSR count). The SMILES string of the molecule is NC(=O)CC(N)C(=O)NC(CO)C(=O)NC(Cc1ccc(O)cc1)C(=O)NC(CO)C(=O)O. The van der Waals surface area contributed by atoms with Crippen LogP contribution in [-0.2, 0) is 30.4 Å². The number of carbonyl (C=O) groups is 5. The van der Waals surface area contributed by atoms with Crippen molar-refractivity contribution in [1.29, 1.82) is 0 Å². The molecule has 0 aromatic heterocycles. The zero-order valence-electron chi connectivity index (χ0n) is 17.4. The fraction of sp³-hybridized carbons (Fsp3) is 0.421. The molecule has 1 aromatic carbocycles. The highest BCUT2D eigenvalue weighted by Crippen LogP contribution is 2.12. The van der Waals surface area contributed by atoms with E-state index in [4.69, 9.17) is 21.7 Å². The third-order valence-electron chi connectivity index (χ3n) is 4.38. The van der Waals surface area contributed by atoms with E-state index < -0.39 is 73.4 Å². The van der Waals surface area contributed by atoms with Gasteiger partial charge in [-0.1, -0.05) is 12.1 Å². The number of carboxylic acids is 1. The Morgan fingerprint density at radius 2 is 1.30 bits per heavy atom. The van der Waals surface area contributed by atoms with Crippen LogP contribution in [0.15, 0.2) is 24.3 Å². The first-order valence-electron chi connectivity index (χ1n) is 9.65. The lowest BCUT2D eigenvalue weighted by Crippen LogP contribution is -2.59. The number of phenolic OH excluding ortho intramolecular Hbond substituents is 1. The molecule has 1 aromatic rings. The molecule has 11 N–H and O–H groups in total. The average molecular weight is 469 g/mol. The molecule has 14 heteroatoms. The van der Waals surface area contributed by atoms with Crippen LogP contribution in [0.2, 0.25) is 0 Å². The number of nitrogens with two attached hydrogens (primary N) is 2. The number of aromatic hydroxyl groups is 1. The molecule has 0 aliphatic rings. The van der Waals surface area contributed by atoms with E-state index in [-0.39, 0.29) is 12.2 Å². The quantitative estimate of drug-likeness (QED) is 0.134. The number of phenols is 1. The van der Waals surface area contributed by atoms with Gasteiger partial charge in [-0.15, -0.1) is 0 Å². The van der Waals surface area contributed by atoms with Crippen molar-refractivity contribution in [3.63, 3.8) is 0 Å². The van der Waals surface area contributed by atoms with Crippen molar-refractivity contribution in [2.45, 2.75) is 37.0 Å². The molecular weight excluding hydrogens is 442 g/mol. The smallest absolute Gasteiger partial charge is 0.328 e. The van der Waals surface area contributed by atoms with E-state index in [0.29, 0.717) is 5.56 Å². The molecule has 4 atom stereocenters. The molecule has 0 heterocycles. The minimum absolute atomic E-state index is 0.0506. The Labute approximate surface area is 187 Å². The van der Waals surface area contributed by atoms with Crippen LogP contribution >= 0.6 is 0 Å². The molecule has 0 radical (unpaired) electrons. The number of rotatable bonds is 13. The van der Waals surface area contributed by atoms with Gasteiger partial charge in [-0.05, 0) is 17.7 Å². The van der Waals surface area contributed by atoms with Crippen molar-refractivity contribution in [1.82, 2.24) is 16.0 Å². The van der Waals surface area contributed by atoms with Crippen LogP contribution in [-0.4, -0.2) is 87.4 Å². The molecule has 4 unspecified atom stereocenters. The number of carbonyl (C=O) groups excluding carboxylic acids is 4. The maximum absolute atomic E-state index is 12.6. The van der Waals surface area contributed by atoms with Crippen LogP contribution in [0.5, 0.6) is 5.75 Å². The Balaban J connectivity index is 3.00. The third kappa shape index (κ3) is 9.10. The molecule has 182 valence electrons. The summed E-state index contributed by atoms with van der Waals surface area (Å²) in [6, 6.07) is -0.389. The van der Waals surface area contributed by atoms with Crippen molar-refractivity contribution >= 4 is 29.6 Å². The van der Waals surface area contributed by atoms with E-state index in [1.807, 2.05) is 0 Å². The molecule has 0 saturated carbocycles. The number of amides is 4. The van der Waals surface area contributed by atoms with Crippen molar-refractivity contribution < 1.29 is 44.4 Å². The van der Waals surface area contributed by atoms with Crippen molar-refractivity contribution in [2.75, 3.05) is 13.2 Å². The van der Waals surface area contributed by atoms with Crippen LogP contribution < -0.4 is 27.4 Å². The lowest BCUT2D eigenvalue weighted by atomic mass is 10.0. The highest BCUT2D eigenvalue weighted by molar-refractivity contribution is 5.95. The van der Waals surface area contributed by atoms with E-state index in [9.17, 15) is 34.2 Å². The number of carboxylic acid groups (broad SMARTS) is 1. The zero-order valence-corrected chi connectivity index (χ0v) is 17.4. The first-order chi connectivity index (χ1) is 15.5. The summed E-state index contributed by atoms with van der Waals surface area (Å²) in [7, 11) is 0. The Hall–Kier alpha value is -3.75. The Morgan fingerprint density at radius 1 is 0.818 bits per heavy atom. The van der Waals surface area contributed by atoms with E-state index in [1.165, 1.54) is 24.3 Å². The maximum atomic E-state index is 12.6. The summed E-state index contributed by atoms with van der Waals surface area (Å²) in [5.74, 6) is -5.34. The van der Waals surface area contributed by atoms with Crippen LogP contribution in [0.25, 0.3) is 0 Å². The number of primary amides is 1.